The number of nitrogens with zero attached hydrogens (tertiary/aromatic N) is 1. The first-order valence-corrected chi connectivity index (χ1v) is 5.24. The van der Waals surface area contributed by atoms with Crippen molar-refractivity contribution < 1.29 is 0 Å². The largest absolute Gasteiger partial charge is 0.192 e. The Labute approximate surface area is 87.3 Å². The molecule has 0 spiro atoms. The van der Waals surface area contributed by atoms with E-state index in [4.69, 9.17) is 5.26 Å². The van der Waals surface area contributed by atoms with Gasteiger partial charge in [-0.3, -0.25) is 0 Å². The van der Waals surface area contributed by atoms with Gasteiger partial charge in [-0.15, -0.1) is 11.3 Å². The highest BCUT2D eigenvalue weighted by Gasteiger charge is 2.02. The van der Waals surface area contributed by atoms with Crippen LogP contribution >= 0.6 is 11.3 Å². The zero-order valence-electron chi connectivity index (χ0n) is 7.82. The molecular formula is C12H9NS. The van der Waals surface area contributed by atoms with Gasteiger partial charge in [-0.25, -0.2) is 0 Å². The summed E-state index contributed by atoms with van der Waals surface area (Å²) in [6, 6.07) is 12.3. The molecule has 0 aliphatic rings. The minimum Gasteiger partial charge on any atom is -0.192 e. The summed E-state index contributed by atoms with van der Waals surface area (Å²) in [5.41, 5.74) is 2.92. The summed E-state index contributed by atoms with van der Waals surface area (Å²) < 4.78 is 0. The molecule has 0 saturated carbocycles. The smallest absolute Gasteiger partial charge is 0.0994 e. The molecule has 0 fully saturated rings. The molecule has 0 amide bonds. The summed E-state index contributed by atoms with van der Waals surface area (Å²) in [4.78, 5) is 1.21. The van der Waals surface area contributed by atoms with E-state index < -0.39 is 0 Å². The minimum atomic E-state index is 0.760. The minimum absolute atomic E-state index is 0.760. The molecule has 0 saturated heterocycles. The SMILES string of the molecule is Cc1ccc(-c2cccs2)cc1C#N. The van der Waals surface area contributed by atoms with Crippen LogP contribution in [0.15, 0.2) is 35.7 Å². The van der Waals surface area contributed by atoms with Gasteiger partial charge in [0.05, 0.1) is 11.6 Å². The maximum atomic E-state index is 8.89. The molecule has 0 atom stereocenters. The second-order valence-corrected chi connectivity index (χ2v) is 4.07. The van der Waals surface area contributed by atoms with Gasteiger partial charge < -0.3 is 0 Å². The summed E-state index contributed by atoms with van der Waals surface area (Å²) in [5, 5.41) is 10.9. The molecule has 1 aromatic heterocycles. The number of rotatable bonds is 1. The van der Waals surface area contributed by atoms with Crippen molar-refractivity contribution in [2.75, 3.05) is 0 Å². The van der Waals surface area contributed by atoms with Crippen LogP contribution in [0.25, 0.3) is 10.4 Å². The third-order valence-electron chi connectivity index (χ3n) is 2.16. The molecule has 0 aliphatic heterocycles. The lowest BCUT2D eigenvalue weighted by atomic mass is 10.1. The van der Waals surface area contributed by atoms with Gasteiger partial charge in [0, 0.05) is 4.88 Å². The third kappa shape index (κ3) is 1.55. The van der Waals surface area contributed by atoms with Gasteiger partial charge >= 0.3 is 0 Å². The maximum Gasteiger partial charge on any atom is 0.0994 e. The fraction of sp³-hybridized carbons (Fsp3) is 0.0833. The highest BCUT2D eigenvalue weighted by atomic mass is 32.1. The molecule has 0 N–H and O–H groups in total. The molecule has 14 heavy (non-hydrogen) atoms. The monoisotopic (exact) mass is 199 g/mol. The summed E-state index contributed by atoms with van der Waals surface area (Å²) in [7, 11) is 0. The standard InChI is InChI=1S/C12H9NS/c1-9-4-5-10(7-11(9)8-13)12-3-2-6-14-12/h2-7H,1H3. The summed E-state index contributed by atoms with van der Waals surface area (Å²) >= 11 is 1.69. The van der Waals surface area contributed by atoms with E-state index in [9.17, 15) is 0 Å². The van der Waals surface area contributed by atoms with E-state index in [1.165, 1.54) is 4.88 Å². The van der Waals surface area contributed by atoms with E-state index >= 15 is 0 Å². The maximum absolute atomic E-state index is 8.89. The molecule has 0 bridgehead atoms. The highest BCUT2D eigenvalue weighted by Crippen LogP contribution is 2.26. The number of thiophene rings is 1. The first-order chi connectivity index (χ1) is 6.81. The van der Waals surface area contributed by atoms with Crippen LogP contribution in [0.4, 0.5) is 0 Å². The molecule has 68 valence electrons. The van der Waals surface area contributed by atoms with Gasteiger partial charge in [0.2, 0.25) is 0 Å². The Bertz CT molecular complexity index is 478. The fourth-order valence-electron chi connectivity index (χ4n) is 1.34. The molecule has 2 aromatic rings. The molecular weight excluding hydrogens is 190 g/mol. The summed E-state index contributed by atoms with van der Waals surface area (Å²) in [6.45, 7) is 1.96. The normalized spacial score (nSPS) is 9.71. The molecule has 1 aromatic carbocycles. The summed E-state index contributed by atoms with van der Waals surface area (Å²) in [5.74, 6) is 0. The first-order valence-electron chi connectivity index (χ1n) is 4.36. The Morgan fingerprint density at radius 1 is 1.29 bits per heavy atom. The van der Waals surface area contributed by atoms with Crippen LogP contribution in [0.1, 0.15) is 11.1 Å². The number of hydrogen-bond donors (Lipinski definition) is 0. The van der Waals surface area contributed by atoms with Gasteiger partial charge in [-0.1, -0.05) is 18.2 Å². The van der Waals surface area contributed by atoms with Crippen molar-refractivity contribution in [2.45, 2.75) is 6.92 Å². The quantitative estimate of drug-likeness (QED) is 0.688. The predicted molar refractivity (Wildman–Crippen MR) is 59.2 cm³/mol. The number of nitriles is 1. The van der Waals surface area contributed by atoms with Crippen molar-refractivity contribution in [3.63, 3.8) is 0 Å². The second kappa shape index (κ2) is 3.65. The molecule has 2 heteroatoms. The zero-order valence-corrected chi connectivity index (χ0v) is 8.64. The first kappa shape index (κ1) is 8.98. The average Bonchev–Trinajstić information content (AvgIpc) is 2.71. The molecule has 0 aliphatic carbocycles. The van der Waals surface area contributed by atoms with Gasteiger partial charge in [-0.05, 0) is 35.6 Å². The fourth-order valence-corrected chi connectivity index (χ4v) is 2.06. The lowest BCUT2D eigenvalue weighted by Gasteiger charge is -2.00. The molecule has 0 radical (unpaired) electrons. The topological polar surface area (TPSA) is 23.8 Å². The molecule has 1 heterocycles. The Morgan fingerprint density at radius 2 is 2.14 bits per heavy atom. The van der Waals surface area contributed by atoms with Crippen molar-refractivity contribution in [3.05, 3.63) is 46.8 Å². The van der Waals surface area contributed by atoms with E-state index in [1.807, 2.05) is 30.5 Å². The predicted octanol–water partition coefficient (Wildman–Crippen LogP) is 3.60. The van der Waals surface area contributed by atoms with Gasteiger partial charge in [0.25, 0.3) is 0 Å². The van der Waals surface area contributed by atoms with E-state index in [1.54, 1.807) is 11.3 Å². The van der Waals surface area contributed by atoms with Gasteiger partial charge in [-0.2, -0.15) is 5.26 Å². The molecule has 0 unspecified atom stereocenters. The van der Waals surface area contributed by atoms with E-state index in [2.05, 4.69) is 18.2 Å². The van der Waals surface area contributed by atoms with E-state index in [0.717, 1.165) is 16.7 Å². The lowest BCUT2D eigenvalue weighted by molar-refractivity contribution is 1.40. The number of aryl methyl sites for hydroxylation is 1. The Hall–Kier alpha value is -1.59. The summed E-state index contributed by atoms with van der Waals surface area (Å²) in [6.07, 6.45) is 0. The van der Waals surface area contributed by atoms with Crippen LogP contribution in [0.5, 0.6) is 0 Å². The highest BCUT2D eigenvalue weighted by molar-refractivity contribution is 7.13. The van der Waals surface area contributed by atoms with Crippen LogP contribution in [0.3, 0.4) is 0 Å². The van der Waals surface area contributed by atoms with Crippen molar-refractivity contribution in [3.8, 4) is 16.5 Å². The van der Waals surface area contributed by atoms with E-state index in [0.29, 0.717) is 0 Å². The lowest BCUT2D eigenvalue weighted by Crippen LogP contribution is -1.82. The number of hydrogen-bond acceptors (Lipinski definition) is 2. The van der Waals surface area contributed by atoms with Crippen LogP contribution < -0.4 is 0 Å². The van der Waals surface area contributed by atoms with Crippen molar-refractivity contribution in [1.82, 2.24) is 0 Å². The van der Waals surface area contributed by atoms with Crippen LogP contribution in [0.2, 0.25) is 0 Å². The second-order valence-electron chi connectivity index (χ2n) is 3.12. The van der Waals surface area contributed by atoms with Gasteiger partial charge in [0.15, 0.2) is 0 Å². The number of benzene rings is 1. The van der Waals surface area contributed by atoms with Crippen molar-refractivity contribution >= 4 is 11.3 Å². The van der Waals surface area contributed by atoms with Gasteiger partial charge in [0.1, 0.15) is 0 Å². The molecule has 1 nitrogen and oxygen atoms in total. The Kier molecular flexibility index (Phi) is 2.34. The van der Waals surface area contributed by atoms with Crippen LogP contribution in [0, 0.1) is 18.3 Å². The van der Waals surface area contributed by atoms with Crippen LogP contribution in [-0.4, -0.2) is 0 Å². The Balaban J connectivity index is 2.53. The Morgan fingerprint density at radius 3 is 2.79 bits per heavy atom. The van der Waals surface area contributed by atoms with Crippen molar-refractivity contribution in [2.24, 2.45) is 0 Å². The third-order valence-corrected chi connectivity index (χ3v) is 3.08. The molecule has 2 rings (SSSR count). The van der Waals surface area contributed by atoms with Crippen molar-refractivity contribution in [1.29, 1.82) is 5.26 Å². The average molecular weight is 199 g/mol. The zero-order chi connectivity index (χ0) is 9.97. The van der Waals surface area contributed by atoms with E-state index in [-0.39, 0.29) is 0 Å². The van der Waals surface area contributed by atoms with Crippen LogP contribution in [-0.2, 0) is 0 Å².